The maximum Gasteiger partial charge on any atom is 0.340 e. The molecule has 0 aliphatic heterocycles. The molecule has 0 bridgehead atoms. The van der Waals surface area contributed by atoms with Gasteiger partial charge >= 0.3 is 5.97 Å². The second-order valence-electron chi connectivity index (χ2n) is 2.93. The van der Waals surface area contributed by atoms with Crippen molar-refractivity contribution in [3.8, 4) is 0 Å². The van der Waals surface area contributed by atoms with Gasteiger partial charge in [-0.05, 0) is 17.7 Å². The van der Waals surface area contributed by atoms with Crippen LogP contribution in [0, 0.1) is 0 Å². The molecule has 0 atom stereocenters. The zero-order chi connectivity index (χ0) is 12.0. The highest BCUT2D eigenvalue weighted by atomic mass is 16.4. The summed E-state index contributed by atoms with van der Waals surface area (Å²) in [6.45, 7) is 0. The van der Waals surface area contributed by atoms with Crippen molar-refractivity contribution in [2.24, 2.45) is 0 Å². The molecule has 0 radical (unpaired) electrons. The number of carboxylic acid groups (broad SMARTS) is 1. The van der Waals surface area contributed by atoms with E-state index in [0.717, 1.165) is 12.2 Å². The first-order valence-electron chi connectivity index (χ1n) is 4.50. The van der Waals surface area contributed by atoms with E-state index in [-0.39, 0.29) is 5.57 Å². The van der Waals surface area contributed by atoms with Gasteiger partial charge in [-0.1, -0.05) is 30.3 Å². The van der Waals surface area contributed by atoms with Gasteiger partial charge in [0.2, 0.25) is 0 Å². The van der Waals surface area contributed by atoms with Gasteiger partial charge in [0.05, 0.1) is 0 Å². The summed E-state index contributed by atoms with van der Waals surface area (Å²) in [6.07, 6.45) is 2.53. The van der Waals surface area contributed by atoms with Gasteiger partial charge in [-0.15, -0.1) is 0 Å². The number of benzene rings is 1. The molecule has 0 heterocycles. The highest BCUT2D eigenvalue weighted by molar-refractivity contribution is 6.16. The zero-order valence-electron chi connectivity index (χ0n) is 8.33. The summed E-state index contributed by atoms with van der Waals surface area (Å²) in [5.41, 5.74) is 0.141. The van der Waals surface area contributed by atoms with E-state index in [1.54, 1.807) is 30.3 Å². The Morgan fingerprint density at radius 1 is 1.12 bits per heavy atom. The number of aliphatic carboxylic acids is 1. The number of aldehydes is 1. The van der Waals surface area contributed by atoms with E-state index in [2.05, 4.69) is 0 Å². The van der Waals surface area contributed by atoms with Gasteiger partial charge in [-0.25, -0.2) is 4.79 Å². The summed E-state index contributed by atoms with van der Waals surface area (Å²) in [6, 6.07) is 8.19. The first-order valence-corrected chi connectivity index (χ1v) is 4.50. The quantitative estimate of drug-likeness (QED) is 0.349. The van der Waals surface area contributed by atoms with Gasteiger partial charge < -0.3 is 10.2 Å². The third kappa shape index (κ3) is 2.81. The molecule has 0 amide bonds. The van der Waals surface area contributed by atoms with Crippen LogP contribution in [-0.4, -0.2) is 22.5 Å². The average Bonchev–Trinajstić information content (AvgIpc) is 2.27. The van der Waals surface area contributed by atoms with Crippen molar-refractivity contribution in [2.45, 2.75) is 0 Å². The second-order valence-corrected chi connectivity index (χ2v) is 2.93. The Morgan fingerprint density at radius 2 is 1.75 bits per heavy atom. The van der Waals surface area contributed by atoms with Gasteiger partial charge in [-0.3, -0.25) is 4.79 Å². The lowest BCUT2D eigenvalue weighted by atomic mass is 10.0. The monoisotopic (exact) mass is 218 g/mol. The van der Waals surface area contributed by atoms with Gasteiger partial charge in [0.25, 0.3) is 0 Å². The van der Waals surface area contributed by atoms with E-state index in [0.29, 0.717) is 11.8 Å². The fourth-order valence-electron chi connectivity index (χ4n) is 1.20. The molecule has 0 aliphatic carbocycles. The van der Waals surface area contributed by atoms with E-state index in [1.165, 1.54) is 0 Å². The standard InChI is InChI=1S/C12H10O4/c13-8-4-7-10(14)11(12(15)16)9-5-2-1-3-6-9/h1-8,14H,(H,15,16). The predicted octanol–water partition coefficient (Wildman–Crippen LogP) is 1.80. The highest BCUT2D eigenvalue weighted by Gasteiger charge is 2.14. The lowest BCUT2D eigenvalue weighted by Gasteiger charge is -2.03. The highest BCUT2D eigenvalue weighted by Crippen LogP contribution is 2.18. The summed E-state index contributed by atoms with van der Waals surface area (Å²) in [5.74, 6) is -1.70. The Kier molecular flexibility index (Phi) is 4.03. The lowest BCUT2D eigenvalue weighted by molar-refractivity contribution is -0.130. The third-order valence-corrected chi connectivity index (χ3v) is 1.87. The normalized spacial score (nSPS) is 12.2. The summed E-state index contributed by atoms with van der Waals surface area (Å²) >= 11 is 0. The second kappa shape index (κ2) is 5.50. The van der Waals surface area contributed by atoms with Crippen LogP contribution in [0.5, 0.6) is 0 Å². The van der Waals surface area contributed by atoms with Crippen LogP contribution in [0.4, 0.5) is 0 Å². The topological polar surface area (TPSA) is 74.6 Å². The van der Waals surface area contributed by atoms with Crippen LogP contribution in [0.1, 0.15) is 5.56 Å². The first-order chi connectivity index (χ1) is 7.66. The number of aliphatic hydroxyl groups excluding tert-OH is 1. The molecule has 82 valence electrons. The maximum atomic E-state index is 11.0. The Morgan fingerprint density at radius 3 is 2.25 bits per heavy atom. The molecule has 16 heavy (non-hydrogen) atoms. The van der Waals surface area contributed by atoms with Gasteiger partial charge in [0.15, 0.2) is 0 Å². The number of rotatable bonds is 4. The average molecular weight is 218 g/mol. The molecule has 1 rings (SSSR count). The van der Waals surface area contributed by atoms with Crippen LogP contribution < -0.4 is 0 Å². The molecular weight excluding hydrogens is 208 g/mol. The molecule has 0 aliphatic rings. The van der Waals surface area contributed by atoms with E-state index in [9.17, 15) is 14.7 Å². The van der Waals surface area contributed by atoms with Crippen LogP contribution in [0.15, 0.2) is 48.2 Å². The Balaban J connectivity index is 3.24. The molecule has 1 aromatic carbocycles. The van der Waals surface area contributed by atoms with Gasteiger partial charge in [0.1, 0.15) is 17.6 Å². The summed E-state index contributed by atoms with van der Waals surface area (Å²) in [7, 11) is 0. The minimum Gasteiger partial charge on any atom is -0.507 e. The molecule has 0 spiro atoms. The molecule has 0 unspecified atom stereocenters. The third-order valence-electron chi connectivity index (χ3n) is 1.87. The molecule has 4 nitrogen and oxygen atoms in total. The Hall–Kier alpha value is -2.36. The summed E-state index contributed by atoms with van der Waals surface area (Å²) in [4.78, 5) is 21.0. The minimum atomic E-state index is -1.25. The number of hydrogen-bond donors (Lipinski definition) is 2. The van der Waals surface area contributed by atoms with Crippen molar-refractivity contribution < 1.29 is 19.8 Å². The number of hydrogen-bond acceptors (Lipinski definition) is 3. The smallest absolute Gasteiger partial charge is 0.340 e. The predicted molar refractivity (Wildman–Crippen MR) is 58.8 cm³/mol. The molecule has 0 saturated heterocycles. The summed E-state index contributed by atoms with van der Waals surface area (Å²) < 4.78 is 0. The lowest BCUT2D eigenvalue weighted by Crippen LogP contribution is -2.02. The number of carbonyl (C=O) groups is 2. The fourth-order valence-corrected chi connectivity index (χ4v) is 1.20. The van der Waals surface area contributed by atoms with Crippen LogP contribution >= 0.6 is 0 Å². The van der Waals surface area contributed by atoms with Crippen LogP contribution in [0.25, 0.3) is 5.57 Å². The van der Waals surface area contributed by atoms with Crippen LogP contribution in [-0.2, 0) is 9.59 Å². The van der Waals surface area contributed by atoms with Crippen molar-refractivity contribution in [3.05, 3.63) is 53.8 Å². The minimum absolute atomic E-state index is 0.237. The van der Waals surface area contributed by atoms with Crippen LogP contribution in [0.3, 0.4) is 0 Å². The van der Waals surface area contributed by atoms with Crippen molar-refractivity contribution in [2.75, 3.05) is 0 Å². The molecule has 0 aromatic heterocycles. The molecule has 0 fully saturated rings. The largest absolute Gasteiger partial charge is 0.507 e. The van der Waals surface area contributed by atoms with Gasteiger partial charge in [-0.2, -0.15) is 0 Å². The van der Waals surface area contributed by atoms with Crippen LogP contribution in [0.2, 0.25) is 0 Å². The Bertz CT molecular complexity index is 443. The van der Waals surface area contributed by atoms with E-state index < -0.39 is 11.7 Å². The van der Waals surface area contributed by atoms with Crippen molar-refractivity contribution in [1.29, 1.82) is 0 Å². The number of allylic oxidation sites excluding steroid dienone is 2. The van der Waals surface area contributed by atoms with E-state index in [4.69, 9.17) is 5.11 Å². The molecule has 2 N–H and O–H groups in total. The number of carbonyl (C=O) groups excluding carboxylic acids is 1. The molecule has 1 aromatic rings. The van der Waals surface area contributed by atoms with Crippen molar-refractivity contribution >= 4 is 17.8 Å². The maximum absolute atomic E-state index is 11.0. The van der Waals surface area contributed by atoms with E-state index in [1.807, 2.05) is 0 Å². The Labute approximate surface area is 92.2 Å². The van der Waals surface area contributed by atoms with Crippen molar-refractivity contribution in [3.63, 3.8) is 0 Å². The van der Waals surface area contributed by atoms with E-state index >= 15 is 0 Å². The first kappa shape index (κ1) is 11.7. The summed E-state index contributed by atoms with van der Waals surface area (Å²) in [5, 5.41) is 18.5. The number of aliphatic hydroxyl groups is 1. The fraction of sp³-hybridized carbons (Fsp3) is 0. The number of carboxylic acids is 1. The SMILES string of the molecule is O=CC=CC(O)=C(C(=O)O)c1ccccc1. The van der Waals surface area contributed by atoms with Crippen molar-refractivity contribution in [1.82, 2.24) is 0 Å². The molecule has 4 heteroatoms. The molecular formula is C12H10O4. The van der Waals surface area contributed by atoms with Gasteiger partial charge in [0, 0.05) is 0 Å². The molecule has 0 saturated carbocycles. The zero-order valence-corrected chi connectivity index (χ0v) is 8.33.